The van der Waals surface area contributed by atoms with E-state index in [1.165, 1.54) is 18.2 Å². The molecule has 0 saturated heterocycles. The first kappa shape index (κ1) is 24.1. The molecule has 1 aliphatic rings. The molecule has 0 aliphatic carbocycles. The second-order valence-electron chi connectivity index (χ2n) is 8.89. The summed E-state index contributed by atoms with van der Waals surface area (Å²) in [7, 11) is 1.57. The topological polar surface area (TPSA) is 67.4 Å². The zero-order chi connectivity index (χ0) is 25.3. The van der Waals surface area contributed by atoms with E-state index in [0.29, 0.717) is 17.5 Å². The number of carbonyl (C=O) groups is 2. The first-order chi connectivity index (χ1) is 16.6. The van der Waals surface area contributed by atoms with Gasteiger partial charge < -0.3 is 15.4 Å². The van der Waals surface area contributed by atoms with Crippen molar-refractivity contribution < 1.29 is 27.5 Å². The third-order valence-corrected chi connectivity index (χ3v) is 5.67. The van der Waals surface area contributed by atoms with Crippen molar-refractivity contribution in [2.45, 2.75) is 25.8 Å². The summed E-state index contributed by atoms with van der Waals surface area (Å²) < 4.78 is 46.0. The van der Waals surface area contributed by atoms with Gasteiger partial charge in [-0.05, 0) is 62.2 Å². The third kappa shape index (κ3) is 5.06. The van der Waals surface area contributed by atoms with Crippen LogP contribution in [0.2, 0.25) is 0 Å². The van der Waals surface area contributed by atoms with Crippen molar-refractivity contribution in [3.8, 4) is 5.75 Å². The van der Waals surface area contributed by atoms with E-state index in [1.54, 1.807) is 19.2 Å². The molecule has 1 aliphatic heterocycles. The molecule has 0 fully saturated rings. The van der Waals surface area contributed by atoms with Crippen molar-refractivity contribution in [2.24, 2.45) is 0 Å². The molecule has 3 aromatic carbocycles. The minimum Gasteiger partial charge on any atom is -0.497 e. The van der Waals surface area contributed by atoms with Crippen molar-refractivity contribution in [3.63, 3.8) is 0 Å². The van der Waals surface area contributed by atoms with Crippen LogP contribution in [0.1, 0.15) is 45.7 Å². The van der Waals surface area contributed by atoms with Crippen LogP contribution in [0.4, 0.5) is 18.9 Å². The summed E-state index contributed by atoms with van der Waals surface area (Å²) >= 11 is 0. The highest BCUT2D eigenvalue weighted by Gasteiger charge is 2.28. The molecule has 4 rings (SSSR count). The maximum atomic E-state index is 14.0. The van der Waals surface area contributed by atoms with Crippen LogP contribution in [0.3, 0.4) is 0 Å². The van der Waals surface area contributed by atoms with E-state index in [2.05, 4.69) is 10.6 Å². The van der Waals surface area contributed by atoms with Crippen LogP contribution in [0.25, 0.3) is 5.70 Å². The van der Waals surface area contributed by atoms with Crippen molar-refractivity contribution >= 4 is 23.1 Å². The number of amides is 1. The lowest BCUT2D eigenvalue weighted by atomic mass is 9.85. The highest BCUT2D eigenvalue weighted by Crippen LogP contribution is 2.32. The fraction of sp³-hybridized carbons (Fsp3) is 0.185. The van der Waals surface area contributed by atoms with Crippen molar-refractivity contribution in [1.82, 2.24) is 5.32 Å². The molecular formula is C27H23F3N2O3. The molecule has 2 N–H and O–H groups in total. The van der Waals surface area contributed by atoms with E-state index >= 15 is 0 Å². The molecule has 0 radical (unpaired) electrons. The van der Waals surface area contributed by atoms with Gasteiger partial charge in [-0.1, -0.05) is 18.2 Å². The van der Waals surface area contributed by atoms with E-state index in [1.807, 2.05) is 32.0 Å². The number of fused-ring (bicyclic) bond motifs is 1. The number of methoxy groups -OCH3 is 1. The predicted octanol–water partition coefficient (Wildman–Crippen LogP) is 5.51. The van der Waals surface area contributed by atoms with Crippen molar-refractivity contribution in [2.75, 3.05) is 12.4 Å². The van der Waals surface area contributed by atoms with Gasteiger partial charge in [0.15, 0.2) is 23.2 Å². The number of hydrogen-bond acceptors (Lipinski definition) is 4. The Kier molecular flexibility index (Phi) is 6.39. The smallest absolute Gasteiger partial charge is 0.258 e. The lowest BCUT2D eigenvalue weighted by molar-refractivity contribution is 0.101. The van der Waals surface area contributed by atoms with Gasteiger partial charge in [0.2, 0.25) is 0 Å². The third-order valence-electron chi connectivity index (χ3n) is 5.67. The minimum absolute atomic E-state index is 0.197. The van der Waals surface area contributed by atoms with Crippen LogP contribution < -0.4 is 15.4 Å². The molecular weight excluding hydrogens is 457 g/mol. The van der Waals surface area contributed by atoms with Crippen LogP contribution in [-0.2, 0) is 6.42 Å². The largest absolute Gasteiger partial charge is 0.497 e. The molecule has 0 saturated carbocycles. The number of halogens is 3. The second-order valence-corrected chi connectivity index (χ2v) is 8.89. The Morgan fingerprint density at radius 1 is 1.03 bits per heavy atom. The lowest BCUT2D eigenvalue weighted by Crippen LogP contribution is -2.43. The maximum absolute atomic E-state index is 14.0. The fourth-order valence-corrected chi connectivity index (χ4v) is 4.02. The molecule has 35 heavy (non-hydrogen) atoms. The molecule has 0 spiro atoms. The van der Waals surface area contributed by atoms with Crippen LogP contribution in [0, 0.1) is 17.5 Å². The quantitative estimate of drug-likeness (QED) is 0.287. The van der Waals surface area contributed by atoms with Gasteiger partial charge in [-0.2, -0.15) is 0 Å². The maximum Gasteiger partial charge on any atom is 0.258 e. The van der Waals surface area contributed by atoms with Gasteiger partial charge in [-0.3, -0.25) is 9.59 Å². The molecule has 1 heterocycles. The molecule has 180 valence electrons. The average molecular weight is 480 g/mol. The average Bonchev–Trinajstić information content (AvgIpc) is 2.81. The van der Waals surface area contributed by atoms with E-state index in [4.69, 9.17) is 4.74 Å². The number of benzene rings is 3. The van der Waals surface area contributed by atoms with Crippen LogP contribution in [-0.4, -0.2) is 24.3 Å². The Balaban J connectivity index is 1.61. The summed E-state index contributed by atoms with van der Waals surface area (Å²) in [6.45, 7) is 4.07. The number of rotatable bonds is 5. The number of ketones is 1. The summed E-state index contributed by atoms with van der Waals surface area (Å²) in [6, 6.07) is 13.3. The zero-order valence-corrected chi connectivity index (χ0v) is 19.3. The molecule has 5 nitrogen and oxygen atoms in total. The van der Waals surface area contributed by atoms with E-state index in [-0.39, 0.29) is 22.6 Å². The molecule has 1 amide bonds. The Hall–Kier alpha value is -4.07. The van der Waals surface area contributed by atoms with Crippen LogP contribution in [0.15, 0.2) is 60.7 Å². The Bertz CT molecular complexity index is 1370. The Morgan fingerprint density at radius 3 is 2.54 bits per heavy atom. The Labute approximate surface area is 200 Å². The summed E-state index contributed by atoms with van der Waals surface area (Å²) in [5.74, 6) is -5.33. The van der Waals surface area contributed by atoms with Crippen molar-refractivity contribution in [1.29, 1.82) is 0 Å². The van der Waals surface area contributed by atoms with Crippen LogP contribution >= 0.6 is 0 Å². The highest BCUT2D eigenvalue weighted by molar-refractivity contribution is 6.10. The van der Waals surface area contributed by atoms with Crippen molar-refractivity contribution in [3.05, 3.63) is 100 Å². The number of allylic oxidation sites excluding steroid dienone is 1. The fourth-order valence-electron chi connectivity index (χ4n) is 4.02. The Morgan fingerprint density at radius 2 is 1.80 bits per heavy atom. The highest BCUT2D eigenvalue weighted by atomic mass is 19.2. The van der Waals surface area contributed by atoms with E-state index < -0.39 is 28.9 Å². The normalized spacial score (nSPS) is 15.2. The summed E-state index contributed by atoms with van der Waals surface area (Å²) in [5, 5.41) is 5.81. The van der Waals surface area contributed by atoms with Gasteiger partial charge in [-0.25, -0.2) is 13.2 Å². The molecule has 3 aromatic rings. The first-order valence-corrected chi connectivity index (χ1v) is 10.8. The molecule has 8 heteroatoms. The molecule has 0 atom stereocenters. The van der Waals surface area contributed by atoms with Crippen LogP contribution in [0.5, 0.6) is 5.75 Å². The summed E-state index contributed by atoms with van der Waals surface area (Å²) in [6.07, 6.45) is 2.25. The van der Waals surface area contributed by atoms with E-state index in [0.717, 1.165) is 23.6 Å². The first-order valence-electron chi connectivity index (χ1n) is 10.8. The molecule has 0 unspecified atom stereocenters. The lowest BCUT2D eigenvalue weighted by Gasteiger charge is -2.35. The molecule has 0 aromatic heterocycles. The molecule has 0 bridgehead atoms. The van der Waals surface area contributed by atoms with Gasteiger partial charge >= 0.3 is 0 Å². The number of anilines is 1. The van der Waals surface area contributed by atoms with Gasteiger partial charge in [0.25, 0.3) is 5.91 Å². The standard InChI is InChI=1S/C27H23F3N2O3/c1-27(2)14-16-7-8-18(35-3)12-20(16)22(32-27)13-23(33)15-5-4-6-17(11-15)31-26(34)19-9-10-21(28)25(30)24(19)29/h4-13,32H,14H2,1-3H3,(H,31,34). The predicted molar refractivity (Wildman–Crippen MR) is 127 cm³/mol. The monoisotopic (exact) mass is 480 g/mol. The van der Waals surface area contributed by atoms with Gasteiger partial charge in [0.05, 0.1) is 12.7 Å². The van der Waals surface area contributed by atoms with Gasteiger partial charge in [0, 0.05) is 34.1 Å². The van der Waals surface area contributed by atoms with Gasteiger partial charge in [0.1, 0.15) is 5.75 Å². The van der Waals surface area contributed by atoms with Gasteiger partial charge in [-0.15, -0.1) is 0 Å². The number of nitrogens with one attached hydrogen (secondary N) is 2. The minimum atomic E-state index is -1.73. The number of carbonyl (C=O) groups excluding carboxylic acids is 2. The second kappa shape index (κ2) is 9.29. The number of hydrogen-bond donors (Lipinski definition) is 2. The number of ether oxygens (including phenoxy) is 1. The summed E-state index contributed by atoms with van der Waals surface area (Å²) in [4.78, 5) is 25.5. The summed E-state index contributed by atoms with van der Waals surface area (Å²) in [5.41, 5.74) is 2.11. The zero-order valence-electron chi connectivity index (χ0n) is 19.3. The SMILES string of the molecule is COc1ccc2c(c1)C(=CC(=O)c1cccc(NC(=O)c3ccc(F)c(F)c3F)c1)NC(C)(C)C2. The van der Waals surface area contributed by atoms with E-state index in [9.17, 15) is 22.8 Å².